The molecule has 0 bridgehead atoms. The van der Waals surface area contributed by atoms with E-state index in [1.54, 1.807) is 0 Å². The zero-order valence-electron chi connectivity index (χ0n) is 8.67. The molecule has 1 saturated heterocycles. The number of aromatic amines is 1. The summed E-state index contributed by atoms with van der Waals surface area (Å²) in [6.45, 7) is 5.44. The summed E-state index contributed by atoms with van der Waals surface area (Å²) in [4.78, 5) is 3.17. The largest absolute Gasteiger partial charge is 0.335 e. The van der Waals surface area contributed by atoms with E-state index in [9.17, 15) is 0 Å². The maximum absolute atomic E-state index is 5.26. The number of hydrogen-bond acceptors (Lipinski definition) is 2. The van der Waals surface area contributed by atoms with Crippen molar-refractivity contribution in [2.45, 2.75) is 38.0 Å². The van der Waals surface area contributed by atoms with Gasteiger partial charge in [-0.3, -0.25) is 0 Å². The van der Waals surface area contributed by atoms with Crippen LogP contribution in [0.25, 0.3) is 0 Å². The minimum Gasteiger partial charge on any atom is -0.335 e. The zero-order valence-corrected chi connectivity index (χ0v) is 10.3. The fraction of sp³-hybridized carbons (Fsp3) is 0.700. The van der Waals surface area contributed by atoms with E-state index in [-0.39, 0.29) is 0 Å². The molecule has 4 heteroatoms. The molecule has 0 spiro atoms. The second-order valence-corrected chi connectivity index (χ2v) is 6.34. The van der Waals surface area contributed by atoms with Crippen molar-refractivity contribution in [2.24, 2.45) is 0 Å². The summed E-state index contributed by atoms with van der Waals surface area (Å²) in [5.41, 5.74) is 1.15. The highest BCUT2D eigenvalue weighted by Gasteiger charge is 2.29. The third kappa shape index (κ3) is 2.06. The van der Waals surface area contributed by atoms with Crippen molar-refractivity contribution in [3.8, 4) is 0 Å². The second kappa shape index (κ2) is 3.74. The van der Waals surface area contributed by atoms with Crippen molar-refractivity contribution in [1.29, 1.82) is 0 Å². The molecule has 2 nitrogen and oxygen atoms in total. The summed E-state index contributed by atoms with van der Waals surface area (Å²) in [5, 5.41) is 0. The Morgan fingerprint density at radius 3 is 3.00 bits per heavy atom. The summed E-state index contributed by atoms with van der Waals surface area (Å²) >= 11 is 7.33. The minimum atomic E-state index is 0.396. The van der Waals surface area contributed by atoms with Gasteiger partial charge in [0.15, 0.2) is 4.77 Å². The smallest absolute Gasteiger partial charge is 0.177 e. The van der Waals surface area contributed by atoms with E-state index in [4.69, 9.17) is 12.2 Å². The van der Waals surface area contributed by atoms with Crippen LogP contribution in [0.2, 0.25) is 0 Å². The van der Waals surface area contributed by atoms with E-state index in [1.165, 1.54) is 18.6 Å². The Hall–Kier alpha value is -0.220. The monoisotopic (exact) mass is 228 g/mol. The molecule has 0 radical (unpaired) electrons. The van der Waals surface area contributed by atoms with E-state index in [1.807, 2.05) is 0 Å². The van der Waals surface area contributed by atoms with Crippen molar-refractivity contribution in [2.75, 3.05) is 5.75 Å². The molecule has 1 aliphatic heterocycles. The highest BCUT2D eigenvalue weighted by Crippen LogP contribution is 2.38. The molecule has 1 aliphatic rings. The average molecular weight is 228 g/mol. The maximum atomic E-state index is 5.26. The lowest BCUT2D eigenvalue weighted by molar-refractivity contribution is 0.507. The number of aromatic nitrogens is 2. The van der Waals surface area contributed by atoms with E-state index in [2.05, 4.69) is 41.4 Å². The van der Waals surface area contributed by atoms with Gasteiger partial charge in [-0.15, -0.1) is 0 Å². The van der Waals surface area contributed by atoms with Crippen LogP contribution in [0.4, 0.5) is 0 Å². The van der Waals surface area contributed by atoms with Gasteiger partial charge in [0.25, 0.3) is 0 Å². The van der Waals surface area contributed by atoms with Crippen molar-refractivity contribution in [1.82, 2.24) is 9.55 Å². The van der Waals surface area contributed by atoms with Gasteiger partial charge in [0.2, 0.25) is 0 Å². The third-order valence-corrected chi connectivity index (χ3v) is 4.58. The lowest BCUT2D eigenvalue weighted by Gasteiger charge is -2.22. The number of H-pyrrole nitrogens is 1. The molecule has 1 atom stereocenters. The molecule has 1 unspecified atom stereocenters. The fourth-order valence-corrected chi connectivity index (χ4v) is 3.58. The molecule has 0 saturated carbocycles. The Balaban J connectivity index is 2.17. The predicted octanol–water partition coefficient (Wildman–Crippen LogP) is 3.14. The molecule has 1 fully saturated rings. The van der Waals surface area contributed by atoms with Gasteiger partial charge >= 0.3 is 0 Å². The van der Waals surface area contributed by atoms with Gasteiger partial charge in [0.05, 0.1) is 0 Å². The van der Waals surface area contributed by atoms with Crippen LogP contribution in [0.15, 0.2) is 6.20 Å². The number of rotatable bonds is 2. The molecule has 78 valence electrons. The topological polar surface area (TPSA) is 20.7 Å². The molecular weight excluding hydrogens is 212 g/mol. The molecule has 2 rings (SSSR count). The summed E-state index contributed by atoms with van der Waals surface area (Å²) in [5.74, 6) is 1.30. The van der Waals surface area contributed by atoms with Crippen LogP contribution in [0.3, 0.4) is 0 Å². The summed E-state index contributed by atoms with van der Waals surface area (Å²) in [6, 6.07) is 0. The minimum absolute atomic E-state index is 0.396. The molecule has 0 aromatic carbocycles. The number of hydrogen-bond donors (Lipinski definition) is 1. The second-order valence-electron chi connectivity index (χ2n) is 4.27. The summed E-state index contributed by atoms with van der Waals surface area (Å²) in [7, 11) is 0. The van der Waals surface area contributed by atoms with Crippen molar-refractivity contribution >= 4 is 24.0 Å². The first-order valence-electron chi connectivity index (χ1n) is 4.99. The molecule has 14 heavy (non-hydrogen) atoms. The Kier molecular flexibility index (Phi) is 2.75. The number of imidazole rings is 1. The van der Waals surface area contributed by atoms with Gasteiger partial charge < -0.3 is 9.55 Å². The zero-order chi connectivity index (χ0) is 10.2. The van der Waals surface area contributed by atoms with E-state index >= 15 is 0 Å². The van der Waals surface area contributed by atoms with E-state index in [0.29, 0.717) is 4.75 Å². The van der Waals surface area contributed by atoms with Crippen LogP contribution >= 0.6 is 24.0 Å². The standard InChI is InChI=1S/C10H16N2S2/c1-8-6-12(9(13)11-8)7-10(2)4-3-5-14-10/h6H,3-5,7H2,1-2H3,(H,11,13). The average Bonchev–Trinajstić information content (AvgIpc) is 2.61. The Morgan fingerprint density at radius 2 is 2.50 bits per heavy atom. The lowest BCUT2D eigenvalue weighted by Crippen LogP contribution is -2.23. The highest BCUT2D eigenvalue weighted by molar-refractivity contribution is 8.00. The van der Waals surface area contributed by atoms with Gasteiger partial charge in [0.1, 0.15) is 0 Å². The van der Waals surface area contributed by atoms with E-state index < -0.39 is 0 Å². The highest BCUT2D eigenvalue weighted by atomic mass is 32.2. The number of thioether (sulfide) groups is 1. The molecule has 1 N–H and O–H groups in total. The van der Waals surface area contributed by atoms with Gasteiger partial charge in [-0.05, 0) is 44.7 Å². The maximum Gasteiger partial charge on any atom is 0.177 e. The van der Waals surface area contributed by atoms with Crippen molar-refractivity contribution < 1.29 is 0 Å². The predicted molar refractivity (Wildman–Crippen MR) is 64.5 cm³/mol. The third-order valence-electron chi connectivity index (χ3n) is 2.72. The first-order chi connectivity index (χ1) is 6.59. The van der Waals surface area contributed by atoms with Gasteiger partial charge in [-0.25, -0.2) is 0 Å². The molecule has 0 aliphatic carbocycles. The van der Waals surface area contributed by atoms with Crippen LogP contribution in [0.1, 0.15) is 25.5 Å². The molecule has 2 heterocycles. The van der Waals surface area contributed by atoms with Crippen LogP contribution in [-0.4, -0.2) is 20.1 Å². The van der Waals surface area contributed by atoms with Crippen LogP contribution in [-0.2, 0) is 6.54 Å². The van der Waals surface area contributed by atoms with Crippen LogP contribution < -0.4 is 0 Å². The van der Waals surface area contributed by atoms with Crippen LogP contribution in [0, 0.1) is 11.7 Å². The Bertz CT molecular complexity index is 372. The van der Waals surface area contributed by atoms with Crippen LogP contribution in [0.5, 0.6) is 0 Å². The summed E-state index contributed by atoms with van der Waals surface area (Å²) < 4.78 is 3.42. The molecule has 1 aromatic rings. The normalized spacial score (nSPS) is 27.0. The quantitative estimate of drug-likeness (QED) is 0.785. The number of nitrogens with one attached hydrogen (secondary N) is 1. The Labute approximate surface area is 94.1 Å². The Morgan fingerprint density at radius 1 is 1.71 bits per heavy atom. The molecule has 1 aromatic heterocycles. The molecular formula is C10H16N2S2. The summed E-state index contributed by atoms with van der Waals surface area (Å²) in [6.07, 6.45) is 4.77. The van der Waals surface area contributed by atoms with E-state index in [0.717, 1.165) is 17.0 Å². The van der Waals surface area contributed by atoms with Gasteiger partial charge in [-0.1, -0.05) is 0 Å². The van der Waals surface area contributed by atoms with Crippen molar-refractivity contribution in [3.05, 3.63) is 16.7 Å². The number of nitrogens with zero attached hydrogens (tertiary/aromatic N) is 1. The van der Waals surface area contributed by atoms with Gasteiger partial charge in [-0.2, -0.15) is 11.8 Å². The SMILES string of the molecule is Cc1cn(CC2(C)CCCS2)c(=S)[nH]1. The fourth-order valence-electron chi connectivity index (χ4n) is 2.00. The van der Waals surface area contributed by atoms with Crippen molar-refractivity contribution in [3.63, 3.8) is 0 Å². The lowest BCUT2D eigenvalue weighted by atomic mass is 10.1. The van der Waals surface area contributed by atoms with Gasteiger partial charge in [0, 0.05) is 23.2 Å². The number of aryl methyl sites for hydroxylation is 1. The first kappa shape index (κ1) is 10.3. The molecule has 0 amide bonds. The first-order valence-corrected chi connectivity index (χ1v) is 6.38.